The van der Waals surface area contributed by atoms with Gasteiger partial charge in [0, 0.05) is 17.6 Å². The molecule has 8 heteroatoms. The van der Waals surface area contributed by atoms with Crippen molar-refractivity contribution in [3.8, 4) is 0 Å². The third-order valence-electron chi connectivity index (χ3n) is 5.01. The van der Waals surface area contributed by atoms with E-state index in [-0.39, 0.29) is 33.6 Å². The van der Waals surface area contributed by atoms with Gasteiger partial charge in [-0.05, 0) is 75.6 Å². The molecule has 1 heterocycles. The van der Waals surface area contributed by atoms with Crippen LogP contribution < -0.4 is 4.72 Å². The fraction of sp³-hybridized carbons (Fsp3) is 0.350. The minimum absolute atomic E-state index is 0.0972. The number of anilines is 1. The molecule has 1 fully saturated rings. The third kappa shape index (κ3) is 4.31. The van der Waals surface area contributed by atoms with Crippen molar-refractivity contribution in [2.75, 3.05) is 4.72 Å². The van der Waals surface area contributed by atoms with Crippen molar-refractivity contribution in [3.63, 3.8) is 0 Å². The molecule has 1 aliphatic heterocycles. The van der Waals surface area contributed by atoms with Crippen LogP contribution in [0.5, 0.6) is 0 Å². The Labute approximate surface area is 169 Å². The highest BCUT2D eigenvalue weighted by Gasteiger charge is 2.30. The first-order chi connectivity index (χ1) is 13.2. The number of benzene rings is 2. The smallest absolute Gasteiger partial charge is 0.261 e. The maximum Gasteiger partial charge on any atom is 0.261 e. The summed E-state index contributed by atoms with van der Waals surface area (Å²) in [5, 5.41) is 0.168. The van der Waals surface area contributed by atoms with Crippen LogP contribution in [0.15, 0.2) is 47.4 Å². The van der Waals surface area contributed by atoms with Crippen molar-refractivity contribution in [3.05, 3.63) is 58.9 Å². The second kappa shape index (κ2) is 8.09. The number of amides is 1. The Morgan fingerprint density at radius 1 is 1.11 bits per heavy atom. The first kappa shape index (κ1) is 20.6. The summed E-state index contributed by atoms with van der Waals surface area (Å²) in [6.45, 7) is 4.03. The molecule has 3 rings (SSSR count). The van der Waals surface area contributed by atoms with Crippen LogP contribution in [0.4, 0.5) is 10.1 Å². The summed E-state index contributed by atoms with van der Waals surface area (Å²) in [6.07, 6.45) is 2.96. The molecule has 2 aromatic carbocycles. The molecule has 5 nitrogen and oxygen atoms in total. The van der Waals surface area contributed by atoms with Gasteiger partial charge in [-0.25, -0.2) is 12.8 Å². The Bertz CT molecular complexity index is 969. The van der Waals surface area contributed by atoms with Gasteiger partial charge in [-0.15, -0.1) is 0 Å². The zero-order valence-electron chi connectivity index (χ0n) is 15.7. The molecule has 0 saturated carbocycles. The summed E-state index contributed by atoms with van der Waals surface area (Å²) >= 11 is 6.15. The van der Waals surface area contributed by atoms with Gasteiger partial charge >= 0.3 is 0 Å². The minimum atomic E-state index is -3.97. The number of carbonyl (C=O) groups excluding carboxylic acids is 1. The zero-order valence-corrected chi connectivity index (χ0v) is 17.2. The van der Waals surface area contributed by atoms with E-state index in [1.54, 1.807) is 6.07 Å². The summed E-state index contributed by atoms with van der Waals surface area (Å²) in [4.78, 5) is 14.8. The fourth-order valence-corrected chi connectivity index (χ4v) is 4.82. The van der Waals surface area contributed by atoms with E-state index in [0.717, 1.165) is 43.5 Å². The summed E-state index contributed by atoms with van der Waals surface area (Å²) < 4.78 is 40.6. The molecule has 1 aliphatic rings. The molecule has 2 atom stereocenters. The highest BCUT2D eigenvalue weighted by Crippen LogP contribution is 2.29. The lowest BCUT2D eigenvalue weighted by Crippen LogP contribution is -2.47. The molecule has 0 aromatic heterocycles. The molecule has 0 radical (unpaired) electrons. The maximum absolute atomic E-state index is 13.1. The Hall–Kier alpha value is -2.12. The Morgan fingerprint density at radius 2 is 1.71 bits per heavy atom. The number of likely N-dealkylation sites (tertiary alicyclic amines) is 1. The van der Waals surface area contributed by atoms with Crippen LogP contribution in [0, 0.1) is 5.82 Å². The van der Waals surface area contributed by atoms with Crippen molar-refractivity contribution < 1.29 is 17.6 Å². The van der Waals surface area contributed by atoms with Crippen LogP contribution in [-0.4, -0.2) is 31.3 Å². The molecular formula is C20H22ClFN2O3S. The summed E-state index contributed by atoms with van der Waals surface area (Å²) in [7, 11) is -3.97. The lowest BCUT2D eigenvalue weighted by Gasteiger charge is -2.39. The first-order valence-corrected chi connectivity index (χ1v) is 11.0. The number of nitrogens with zero attached hydrogens (tertiary/aromatic N) is 1. The fourth-order valence-electron chi connectivity index (χ4n) is 3.52. The van der Waals surface area contributed by atoms with Gasteiger partial charge in [0.15, 0.2) is 0 Å². The summed E-state index contributed by atoms with van der Waals surface area (Å²) in [5.74, 6) is -0.687. The second-order valence-electron chi connectivity index (χ2n) is 7.10. The molecule has 1 saturated heterocycles. The standard InChI is InChI=1S/C20H22ClFN2O3S/c1-13-4-3-5-14(2)24(13)20(25)15-6-11-18(21)19(12-15)23-28(26,27)17-9-7-16(22)8-10-17/h6-14,23H,3-5H2,1-2H3. The number of rotatable bonds is 4. The van der Waals surface area contributed by atoms with Gasteiger partial charge in [-0.3, -0.25) is 9.52 Å². The number of piperidine rings is 1. The van der Waals surface area contributed by atoms with E-state index in [9.17, 15) is 17.6 Å². The molecule has 0 aliphatic carbocycles. The monoisotopic (exact) mass is 424 g/mol. The lowest BCUT2D eigenvalue weighted by molar-refractivity contribution is 0.0511. The molecule has 2 aromatic rings. The number of sulfonamides is 1. The second-order valence-corrected chi connectivity index (χ2v) is 9.19. The molecule has 1 amide bonds. The topological polar surface area (TPSA) is 66.5 Å². The Morgan fingerprint density at radius 3 is 2.32 bits per heavy atom. The largest absolute Gasteiger partial charge is 0.333 e. The van der Waals surface area contributed by atoms with E-state index < -0.39 is 15.8 Å². The normalized spacial score (nSPS) is 20.1. The molecule has 0 bridgehead atoms. The van der Waals surface area contributed by atoms with Crippen LogP contribution in [-0.2, 0) is 10.0 Å². The molecule has 150 valence electrons. The van der Waals surface area contributed by atoms with E-state index in [2.05, 4.69) is 4.72 Å². The molecule has 1 N–H and O–H groups in total. The average Bonchev–Trinajstić information content (AvgIpc) is 2.63. The number of carbonyl (C=O) groups is 1. The van der Waals surface area contributed by atoms with Gasteiger partial charge in [-0.2, -0.15) is 0 Å². The van der Waals surface area contributed by atoms with Crippen LogP contribution in [0.1, 0.15) is 43.5 Å². The van der Waals surface area contributed by atoms with Crippen molar-refractivity contribution in [2.24, 2.45) is 0 Å². The van der Waals surface area contributed by atoms with E-state index in [1.807, 2.05) is 18.7 Å². The predicted molar refractivity (Wildman–Crippen MR) is 108 cm³/mol. The van der Waals surface area contributed by atoms with Gasteiger partial charge in [0.1, 0.15) is 5.82 Å². The highest BCUT2D eigenvalue weighted by atomic mass is 35.5. The Balaban J connectivity index is 1.89. The summed E-state index contributed by atoms with van der Waals surface area (Å²) in [6, 6.07) is 9.22. The number of halogens is 2. The zero-order chi connectivity index (χ0) is 20.5. The van der Waals surface area contributed by atoms with Gasteiger partial charge < -0.3 is 4.90 Å². The molecular weight excluding hydrogens is 403 g/mol. The number of nitrogens with one attached hydrogen (secondary N) is 1. The summed E-state index contributed by atoms with van der Waals surface area (Å²) in [5.41, 5.74) is 0.468. The quantitative estimate of drug-likeness (QED) is 0.774. The van der Waals surface area contributed by atoms with E-state index in [4.69, 9.17) is 11.6 Å². The van der Waals surface area contributed by atoms with E-state index >= 15 is 0 Å². The van der Waals surface area contributed by atoms with Crippen molar-refractivity contribution in [2.45, 2.75) is 50.1 Å². The van der Waals surface area contributed by atoms with E-state index in [0.29, 0.717) is 5.56 Å². The third-order valence-corrected chi connectivity index (χ3v) is 6.72. The van der Waals surface area contributed by atoms with Gasteiger partial charge in [0.25, 0.3) is 15.9 Å². The highest BCUT2D eigenvalue weighted by molar-refractivity contribution is 7.92. The van der Waals surface area contributed by atoms with Gasteiger partial charge in [0.05, 0.1) is 15.6 Å². The number of hydrogen-bond acceptors (Lipinski definition) is 3. The average molecular weight is 425 g/mol. The minimum Gasteiger partial charge on any atom is -0.333 e. The lowest BCUT2D eigenvalue weighted by atomic mass is 9.96. The number of hydrogen-bond donors (Lipinski definition) is 1. The molecule has 0 spiro atoms. The maximum atomic E-state index is 13.1. The van der Waals surface area contributed by atoms with Crippen LogP contribution >= 0.6 is 11.6 Å². The van der Waals surface area contributed by atoms with Crippen molar-refractivity contribution >= 4 is 33.2 Å². The molecule has 28 heavy (non-hydrogen) atoms. The van der Waals surface area contributed by atoms with Gasteiger partial charge in [-0.1, -0.05) is 11.6 Å². The van der Waals surface area contributed by atoms with Crippen molar-refractivity contribution in [1.29, 1.82) is 0 Å². The van der Waals surface area contributed by atoms with Crippen LogP contribution in [0.25, 0.3) is 0 Å². The Kier molecular flexibility index (Phi) is 5.95. The van der Waals surface area contributed by atoms with Crippen LogP contribution in [0.2, 0.25) is 5.02 Å². The molecule has 2 unspecified atom stereocenters. The van der Waals surface area contributed by atoms with Crippen molar-refractivity contribution in [1.82, 2.24) is 4.90 Å². The predicted octanol–water partition coefficient (Wildman–Crippen LogP) is 4.68. The van der Waals surface area contributed by atoms with Crippen LogP contribution in [0.3, 0.4) is 0 Å². The van der Waals surface area contributed by atoms with E-state index in [1.165, 1.54) is 12.1 Å². The van der Waals surface area contributed by atoms with Gasteiger partial charge in [0.2, 0.25) is 0 Å². The first-order valence-electron chi connectivity index (χ1n) is 9.09. The SMILES string of the molecule is CC1CCCC(C)N1C(=O)c1ccc(Cl)c(NS(=O)(=O)c2ccc(F)cc2)c1.